The molecule has 1 amide bonds. The van der Waals surface area contributed by atoms with Crippen molar-refractivity contribution < 1.29 is 4.79 Å². The summed E-state index contributed by atoms with van der Waals surface area (Å²) in [4.78, 5) is 14.6. The van der Waals surface area contributed by atoms with E-state index in [4.69, 9.17) is 0 Å². The number of hydrogen-bond donors (Lipinski definition) is 0. The molecule has 2 nitrogen and oxygen atoms in total. The third kappa shape index (κ3) is 1.76. The molecular formula is C14H22BrNO. The largest absolute Gasteiger partial charge is 0.346 e. The van der Waals surface area contributed by atoms with Crippen LogP contribution in [0.1, 0.15) is 45.4 Å². The number of rotatable bonds is 2. The molecule has 4 bridgehead atoms. The first-order valence-electron chi connectivity index (χ1n) is 6.91. The van der Waals surface area contributed by atoms with Crippen molar-refractivity contribution in [1.82, 2.24) is 4.90 Å². The van der Waals surface area contributed by atoms with Crippen LogP contribution in [0.3, 0.4) is 0 Å². The molecule has 17 heavy (non-hydrogen) atoms. The van der Waals surface area contributed by atoms with Gasteiger partial charge in [-0.15, -0.1) is 0 Å². The van der Waals surface area contributed by atoms with Gasteiger partial charge in [0.2, 0.25) is 5.91 Å². The van der Waals surface area contributed by atoms with Crippen LogP contribution >= 0.6 is 15.9 Å². The van der Waals surface area contributed by atoms with Crippen LogP contribution in [0.4, 0.5) is 0 Å². The molecule has 4 aliphatic rings. The molecular weight excluding hydrogens is 278 g/mol. The van der Waals surface area contributed by atoms with E-state index in [9.17, 15) is 4.79 Å². The predicted molar refractivity (Wildman–Crippen MR) is 72.1 cm³/mol. The summed E-state index contributed by atoms with van der Waals surface area (Å²) >= 11 is 3.96. The van der Waals surface area contributed by atoms with Gasteiger partial charge >= 0.3 is 0 Å². The Morgan fingerprint density at radius 1 is 1.29 bits per heavy atom. The van der Waals surface area contributed by atoms with Crippen molar-refractivity contribution in [3.05, 3.63) is 0 Å². The minimum atomic E-state index is -0.0155. The highest BCUT2D eigenvalue weighted by atomic mass is 79.9. The fourth-order valence-corrected chi connectivity index (χ4v) is 6.40. The normalized spacial score (nSPS) is 47.2. The minimum absolute atomic E-state index is 0.0155. The van der Waals surface area contributed by atoms with Crippen LogP contribution in [0.25, 0.3) is 0 Å². The molecule has 0 radical (unpaired) electrons. The molecule has 0 aromatic carbocycles. The molecule has 96 valence electrons. The molecule has 0 aromatic heterocycles. The molecule has 2 atom stereocenters. The lowest BCUT2D eigenvalue weighted by atomic mass is 9.49. The standard InChI is InChI=1S/C14H22BrNO/c1-3-16(2)12(17)13-5-10-4-11(6-13)8-14(15,7-10)9-13/h10-11H,3-9H2,1-2H3. The zero-order valence-corrected chi connectivity index (χ0v) is 12.4. The maximum atomic E-state index is 12.7. The number of nitrogens with zero attached hydrogens (tertiary/aromatic N) is 1. The van der Waals surface area contributed by atoms with Gasteiger partial charge in [0.05, 0.1) is 5.41 Å². The summed E-state index contributed by atoms with van der Waals surface area (Å²) < 4.78 is 0.293. The van der Waals surface area contributed by atoms with Crippen LogP contribution in [0.15, 0.2) is 0 Å². The minimum Gasteiger partial charge on any atom is -0.346 e. The van der Waals surface area contributed by atoms with Crippen molar-refractivity contribution in [1.29, 1.82) is 0 Å². The molecule has 0 spiro atoms. The Kier molecular flexibility index (Phi) is 2.63. The Balaban J connectivity index is 1.90. The van der Waals surface area contributed by atoms with Crippen molar-refractivity contribution in [3.63, 3.8) is 0 Å². The molecule has 4 fully saturated rings. The van der Waals surface area contributed by atoms with Crippen LogP contribution in [0, 0.1) is 17.3 Å². The summed E-state index contributed by atoms with van der Waals surface area (Å²) in [6.07, 6.45) is 7.36. The van der Waals surface area contributed by atoms with Crippen molar-refractivity contribution in [2.75, 3.05) is 13.6 Å². The van der Waals surface area contributed by atoms with Gasteiger partial charge in [-0.3, -0.25) is 4.79 Å². The molecule has 4 saturated carbocycles. The summed E-state index contributed by atoms with van der Waals surface area (Å²) in [5.41, 5.74) is -0.0155. The van der Waals surface area contributed by atoms with Gasteiger partial charge in [-0.1, -0.05) is 15.9 Å². The number of hydrogen-bond acceptors (Lipinski definition) is 1. The van der Waals surface area contributed by atoms with Gasteiger partial charge in [-0.25, -0.2) is 0 Å². The quantitative estimate of drug-likeness (QED) is 0.717. The van der Waals surface area contributed by atoms with E-state index in [0.29, 0.717) is 10.2 Å². The number of amides is 1. The fraction of sp³-hybridized carbons (Fsp3) is 0.929. The Morgan fingerprint density at radius 3 is 2.35 bits per heavy atom. The monoisotopic (exact) mass is 299 g/mol. The molecule has 0 N–H and O–H groups in total. The lowest BCUT2D eigenvalue weighted by Crippen LogP contribution is -2.58. The van der Waals surface area contributed by atoms with Gasteiger partial charge in [0, 0.05) is 17.9 Å². The van der Waals surface area contributed by atoms with E-state index >= 15 is 0 Å². The van der Waals surface area contributed by atoms with Crippen LogP contribution in [0.5, 0.6) is 0 Å². The zero-order valence-electron chi connectivity index (χ0n) is 10.8. The number of carbonyl (C=O) groups is 1. The van der Waals surface area contributed by atoms with E-state index in [1.807, 2.05) is 11.9 Å². The smallest absolute Gasteiger partial charge is 0.228 e. The van der Waals surface area contributed by atoms with Crippen molar-refractivity contribution in [2.24, 2.45) is 17.3 Å². The first kappa shape index (κ1) is 12.0. The number of carbonyl (C=O) groups excluding carboxylic acids is 1. The Bertz CT molecular complexity index is 340. The molecule has 2 unspecified atom stereocenters. The average Bonchev–Trinajstić information content (AvgIpc) is 2.23. The highest BCUT2D eigenvalue weighted by molar-refractivity contribution is 9.10. The van der Waals surface area contributed by atoms with Crippen molar-refractivity contribution in [3.8, 4) is 0 Å². The maximum absolute atomic E-state index is 12.7. The van der Waals surface area contributed by atoms with Gasteiger partial charge in [0.15, 0.2) is 0 Å². The third-order valence-corrected chi connectivity index (χ3v) is 6.19. The summed E-state index contributed by atoms with van der Waals surface area (Å²) in [6.45, 7) is 2.91. The zero-order chi connectivity index (χ0) is 12.3. The van der Waals surface area contributed by atoms with Gasteiger partial charge in [-0.05, 0) is 57.3 Å². The van der Waals surface area contributed by atoms with Crippen LogP contribution in [-0.2, 0) is 4.79 Å². The van der Waals surface area contributed by atoms with E-state index in [1.54, 1.807) is 0 Å². The molecule has 3 heteroatoms. The van der Waals surface area contributed by atoms with Gasteiger partial charge in [-0.2, -0.15) is 0 Å². The van der Waals surface area contributed by atoms with E-state index in [2.05, 4.69) is 22.9 Å². The van der Waals surface area contributed by atoms with Crippen molar-refractivity contribution in [2.45, 2.75) is 49.8 Å². The molecule has 0 saturated heterocycles. The van der Waals surface area contributed by atoms with Crippen LogP contribution in [-0.4, -0.2) is 28.7 Å². The topological polar surface area (TPSA) is 20.3 Å². The molecule has 4 aliphatic carbocycles. The van der Waals surface area contributed by atoms with Crippen molar-refractivity contribution >= 4 is 21.8 Å². The van der Waals surface area contributed by atoms with Gasteiger partial charge < -0.3 is 4.90 Å². The maximum Gasteiger partial charge on any atom is 0.228 e. The van der Waals surface area contributed by atoms with Crippen LogP contribution in [0.2, 0.25) is 0 Å². The first-order valence-corrected chi connectivity index (χ1v) is 7.70. The third-order valence-electron chi connectivity index (χ3n) is 5.26. The number of alkyl halides is 1. The Morgan fingerprint density at radius 2 is 1.88 bits per heavy atom. The van der Waals surface area contributed by atoms with Gasteiger partial charge in [0.1, 0.15) is 0 Å². The van der Waals surface area contributed by atoms with E-state index in [1.165, 1.54) is 19.3 Å². The molecule has 0 heterocycles. The molecule has 0 aliphatic heterocycles. The highest BCUT2D eigenvalue weighted by Gasteiger charge is 2.60. The van der Waals surface area contributed by atoms with E-state index < -0.39 is 0 Å². The average molecular weight is 300 g/mol. The summed E-state index contributed by atoms with van der Waals surface area (Å²) in [5.74, 6) is 2.01. The first-order chi connectivity index (χ1) is 7.96. The second kappa shape index (κ2) is 3.72. The summed E-state index contributed by atoms with van der Waals surface area (Å²) in [5, 5.41) is 0. The molecule has 0 aromatic rings. The fourth-order valence-electron chi connectivity index (χ4n) is 4.95. The second-order valence-electron chi connectivity index (χ2n) is 6.71. The number of halogens is 1. The lowest BCUT2D eigenvalue weighted by Gasteiger charge is -2.59. The Labute approximate surface area is 112 Å². The van der Waals surface area contributed by atoms with E-state index in [-0.39, 0.29) is 5.41 Å². The van der Waals surface area contributed by atoms with E-state index in [0.717, 1.165) is 37.6 Å². The summed E-state index contributed by atoms with van der Waals surface area (Å²) in [7, 11) is 1.96. The SMILES string of the molecule is CCN(C)C(=O)C12CC3CC(CC(Br)(C3)C1)C2. The van der Waals surface area contributed by atoms with Crippen LogP contribution < -0.4 is 0 Å². The lowest BCUT2D eigenvalue weighted by molar-refractivity contribution is -0.153. The second-order valence-corrected chi connectivity index (χ2v) is 8.39. The Hall–Kier alpha value is -0.0500. The molecule has 4 rings (SSSR count). The summed E-state index contributed by atoms with van der Waals surface area (Å²) in [6, 6.07) is 0. The highest BCUT2D eigenvalue weighted by Crippen LogP contribution is 2.64. The predicted octanol–water partition coefficient (Wildman–Crippen LogP) is 3.20. The van der Waals surface area contributed by atoms with Gasteiger partial charge in [0.25, 0.3) is 0 Å².